The normalized spacial score (nSPS) is 11.1. The highest BCUT2D eigenvalue weighted by Gasteiger charge is 2.10. The molecule has 3 rings (SSSR count). The molecular formula is C17H17BrN2OS2. The van der Waals surface area contributed by atoms with Crippen molar-refractivity contribution in [1.82, 2.24) is 9.97 Å². The van der Waals surface area contributed by atoms with Crippen LogP contribution in [0, 0.1) is 6.92 Å². The highest BCUT2D eigenvalue weighted by Crippen LogP contribution is 2.29. The number of hydrogen-bond donors (Lipinski definition) is 0. The Hall–Kier alpha value is -1.08. The van der Waals surface area contributed by atoms with Gasteiger partial charge >= 0.3 is 0 Å². The number of nitrogens with zero attached hydrogens (tertiary/aromatic N) is 2. The van der Waals surface area contributed by atoms with Gasteiger partial charge in [-0.05, 0) is 53.5 Å². The van der Waals surface area contributed by atoms with Crippen molar-refractivity contribution in [3.05, 3.63) is 55.4 Å². The molecule has 3 nitrogen and oxygen atoms in total. The summed E-state index contributed by atoms with van der Waals surface area (Å²) in [5.41, 5.74) is 3.28. The van der Waals surface area contributed by atoms with Gasteiger partial charge in [0.15, 0.2) is 0 Å². The number of thiazole rings is 1. The summed E-state index contributed by atoms with van der Waals surface area (Å²) in [6.07, 6.45) is 2.79. The Kier molecular flexibility index (Phi) is 5.58. The molecule has 0 aliphatic heterocycles. The van der Waals surface area contributed by atoms with Crippen LogP contribution in [0.4, 0.5) is 0 Å². The second-order valence-corrected chi connectivity index (χ2v) is 8.75. The van der Waals surface area contributed by atoms with Crippen molar-refractivity contribution in [3.8, 4) is 10.6 Å². The van der Waals surface area contributed by atoms with Crippen LogP contribution >= 0.6 is 38.6 Å². The van der Waals surface area contributed by atoms with Crippen LogP contribution in [-0.4, -0.2) is 9.97 Å². The van der Waals surface area contributed by atoms with Gasteiger partial charge in [-0.15, -0.1) is 22.7 Å². The van der Waals surface area contributed by atoms with Gasteiger partial charge in [-0.1, -0.05) is 6.92 Å². The lowest BCUT2D eigenvalue weighted by atomic mass is 10.2. The zero-order valence-electron chi connectivity index (χ0n) is 13.0. The Bertz CT molecular complexity index is 797. The van der Waals surface area contributed by atoms with Gasteiger partial charge in [0, 0.05) is 22.3 Å². The van der Waals surface area contributed by atoms with Crippen LogP contribution in [0.2, 0.25) is 0 Å². The maximum absolute atomic E-state index is 5.84. The van der Waals surface area contributed by atoms with Crippen LogP contribution in [0.15, 0.2) is 34.2 Å². The van der Waals surface area contributed by atoms with Crippen molar-refractivity contribution < 1.29 is 4.74 Å². The van der Waals surface area contributed by atoms with Gasteiger partial charge in [0.1, 0.15) is 5.01 Å². The molecular weight excluding hydrogens is 392 g/mol. The summed E-state index contributed by atoms with van der Waals surface area (Å²) >= 11 is 6.88. The van der Waals surface area contributed by atoms with Crippen molar-refractivity contribution in [2.75, 3.05) is 0 Å². The molecule has 0 radical (unpaired) electrons. The first kappa shape index (κ1) is 16.8. The minimum absolute atomic E-state index is 0.602. The van der Waals surface area contributed by atoms with Crippen molar-refractivity contribution >= 4 is 38.6 Å². The van der Waals surface area contributed by atoms with Gasteiger partial charge in [-0.3, -0.25) is 4.98 Å². The number of ether oxygens (including phenoxy) is 1. The average molecular weight is 409 g/mol. The predicted molar refractivity (Wildman–Crippen MR) is 100.0 cm³/mol. The summed E-state index contributed by atoms with van der Waals surface area (Å²) in [6.45, 7) is 5.40. The molecule has 0 amide bonds. The zero-order chi connectivity index (χ0) is 16.2. The SMILES string of the molecule is CCc1cc(-c2nc(C)c(COCc3ccc(Br)s3)s2)ccn1. The third-order valence-corrected chi connectivity index (χ3v) is 6.20. The molecule has 0 aromatic carbocycles. The van der Waals surface area contributed by atoms with E-state index in [1.54, 1.807) is 22.7 Å². The van der Waals surface area contributed by atoms with Crippen molar-refractivity contribution in [3.63, 3.8) is 0 Å². The van der Waals surface area contributed by atoms with Crippen LogP contribution in [-0.2, 0) is 24.4 Å². The molecule has 120 valence electrons. The third kappa shape index (κ3) is 4.26. The fourth-order valence-corrected chi connectivity index (χ4v) is 4.58. The molecule has 0 spiro atoms. The van der Waals surface area contributed by atoms with E-state index in [1.165, 1.54) is 9.75 Å². The minimum atomic E-state index is 0.602. The molecule has 0 atom stereocenters. The Morgan fingerprint density at radius 1 is 1.17 bits per heavy atom. The summed E-state index contributed by atoms with van der Waals surface area (Å²) in [7, 11) is 0. The molecule has 3 heterocycles. The summed E-state index contributed by atoms with van der Waals surface area (Å²) < 4.78 is 6.98. The molecule has 23 heavy (non-hydrogen) atoms. The van der Waals surface area contributed by atoms with Gasteiger partial charge in [0.05, 0.1) is 27.6 Å². The molecule has 0 unspecified atom stereocenters. The number of aromatic nitrogens is 2. The monoisotopic (exact) mass is 408 g/mol. The lowest BCUT2D eigenvalue weighted by Crippen LogP contribution is -1.91. The van der Waals surface area contributed by atoms with E-state index in [0.717, 1.165) is 32.2 Å². The number of hydrogen-bond acceptors (Lipinski definition) is 5. The van der Waals surface area contributed by atoms with E-state index in [-0.39, 0.29) is 0 Å². The minimum Gasteiger partial charge on any atom is -0.370 e. The Morgan fingerprint density at radius 3 is 2.78 bits per heavy atom. The molecule has 0 aliphatic rings. The van der Waals surface area contributed by atoms with E-state index in [9.17, 15) is 0 Å². The summed E-state index contributed by atoms with van der Waals surface area (Å²) in [5, 5.41) is 1.04. The van der Waals surface area contributed by atoms with Gasteiger partial charge < -0.3 is 4.74 Å². The lowest BCUT2D eigenvalue weighted by molar-refractivity contribution is 0.111. The number of pyridine rings is 1. The fraction of sp³-hybridized carbons (Fsp3) is 0.294. The van der Waals surface area contributed by atoms with E-state index in [0.29, 0.717) is 13.2 Å². The van der Waals surface area contributed by atoms with E-state index >= 15 is 0 Å². The second kappa shape index (κ2) is 7.66. The smallest absolute Gasteiger partial charge is 0.124 e. The second-order valence-electron chi connectivity index (χ2n) is 5.12. The zero-order valence-corrected chi connectivity index (χ0v) is 16.2. The van der Waals surface area contributed by atoms with E-state index in [2.05, 4.69) is 40.0 Å². The highest BCUT2D eigenvalue weighted by atomic mass is 79.9. The molecule has 0 bridgehead atoms. The predicted octanol–water partition coefficient (Wildman–Crippen LogP) is 5.62. The maximum atomic E-state index is 5.84. The molecule has 0 saturated carbocycles. The largest absolute Gasteiger partial charge is 0.370 e. The molecule has 3 aromatic heterocycles. The summed E-state index contributed by atoms with van der Waals surface area (Å²) in [6, 6.07) is 8.27. The van der Waals surface area contributed by atoms with Crippen molar-refractivity contribution in [2.45, 2.75) is 33.5 Å². The van der Waals surface area contributed by atoms with Crippen LogP contribution in [0.25, 0.3) is 10.6 Å². The summed E-state index contributed by atoms with van der Waals surface area (Å²) in [5.74, 6) is 0. The number of thiophene rings is 1. The standard InChI is InChI=1S/C17H17BrN2OS2/c1-3-13-8-12(6-7-19-13)17-20-11(2)15(23-17)10-21-9-14-4-5-16(18)22-14/h4-8H,3,9-10H2,1-2H3. The molecule has 6 heteroatoms. The Morgan fingerprint density at radius 2 is 2.04 bits per heavy atom. The fourth-order valence-electron chi connectivity index (χ4n) is 2.16. The van der Waals surface area contributed by atoms with Crippen molar-refractivity contribution in [2.24, 2.45) is 0 Å². The van der Waals surface area contributed by atoms with Crippen LogP contribution in [0.3, 0.4) is 0 Å². The number of halogens is 1. The first-order valence-electron chi connectivity index (χ1n) is 7.39. The van der Waals surface area contributed by atoms with Crippen LogP contribution < -0.4 is 0 Å². The van der Waals surface area contributed by atoms with Crippen LogP contribution in [0.1, 0.15) is 28.1 Å². The van der Waals surface area contributed by atoms with E-state index in [1.807, 2.05) is 25.3 Å². The topological polar surface area (TPSA) is 35.0 Å². The third-order valence-electron chi connectivity index (χ3n) is 3.42. The molecule has 0 saturated heterocycles. The first-order valence-corrected chi connectivity index (χ1v) is 9.82. The quantitative estimate of drug-likeness (QED) is 0.530. The number of rotatable bonds is 6. The van der Waals surface area contributed by atoms with Crippen LogP contribution in [0.5, 0.6) is 0 Å². The van der Waals surface area contributed by atoms with Gasteiger partial charge in [-0.25, -0.2) is 4.98 Å². The molecule has 0 fully saturated rings. The summed E-state index contributed by atoms with van der Waals surface area (Å²) in [4.78, 5) is 11.4. The first-order chi connectivity index (χ1) is 11.2. The highest BCUT2D eigenvalue weighted by molar-refractivity contribution is 9.11. The Labute approximate surface area is 152 Å². The molecule has 0 N–H and O–H groups in total. The molecule has 0 aliphatic carbocycles. The number of aryl methyl sites for hydroxylation is 2. The van der Waals surface area contributed by atoms with Gasteiger partial charge in [-0.2, -0.15) is 0 Å². The van der Waals surface area contributed by atoms with Crippen molar-refractivity contribution in [1.29, 1.82) is 0 Å². The maximum Gasteiger partial charge on any atom is 0.124 e. The molecule has 3 aromatic rings. The average Bonchev–Trinajstić information content (AvgIpc) is 3.14. The van der Waals surface area contributed by atoms with E-state index in [4.69, 9.17) is 9.72 Å². The van der Waals surface area contributed by atoms with E-state index < -0.39 is 0 Å². The van der Waals surface area contributed by atoms with Gasteiger partial charge in [0.2, 0.25) is 0 Å². The Balaban J connectivity index is 1.68. The van der Waals surface area contributed by atoms with Gasteiger partial charge in [0.25, 0.3) is 0 Å². The lowest BCUT2D eigenvalue weighted by Gasteiger charge is -2.01.